The minimum Gasteiger partial charge on any atom is -0.308 e. The number of hydrazine groups is 1. The van der Waals surface area contributed by atoms with E-state index in [2.05, 4.69) is 53.5 Å². The van der Waals surface area contributed by atoms with Crippen molar-refractivity contribution < 1.29 is 0 Å². The van der Waals surface area contributed by atoms with Crippen molar-refractivity contribution in [1.82, 2.24) is 9.97 Å². The number of benzene rings is 1. The first kappa shape index (κ1) is 13.8. The Kier molecular flexibility index (Phi) is 4.76. The van der Waals surface area contributed by atoms with Gasteiger partial charge in [-0.05, 0) is 25.5 Å². The molecule has 0 fully saturated rings. The highest BCUT2D eigenvalue weighted by Crippen LogP contribution is 2.32. The van der Waals surface area contributed by atoms with Crippen molar-refractivity contribution in [2.24, 2.45) is 5.84 Å². The van der Waals surface area contributed by atoms with Crippen LogP contribution in [0.4, 0.5) is 5.82 Å². The quantitative estimate of drug-likeness (QED) is 0.498. The lowest BCUT2D eigenvalue weighted by molar-refractivity contribution is 0.856. The first-order chi connectivity index (χ1) is 9.24. The summed E-state index contributed by atoms with van der Waals surface area (Å²) < 4.78 is 0. The molecule has 1 aromatic heterocycles. The van der Waals surface area contributed by atoms with Crippen molar-refractivity contribution in [2.75, 3.05) is 5.43 Å². The van der Waals surface area contributed by atoms with E-state index in [9.17, 15) is 0 Å². The van der Waals surface area contributed by atoms with Gasteiger partial charge in [-0.3, -0.25) is 0 Å². The molecule has 0 radical (unpaired) electrons. The molecule has 0 unspecified atom stereocenters. The molecule has 2 aromatic rings. The molecule has 0 aliphatic heterocycles. The van der Waals surface area contributed by atoms with Gasteiger partial charge < -0.3 is 5.43 Å². The molecule has 2 rings (SSSR count). The van der Waals surface area contributed by atoms with Crippen LogP contribution in [0.15, 0.2) is 40.5 Å². The van der Waals surface area contributed by atoms with Crippen LogP contribution in [0.3, 0.4) is 0 Å². The first-order valence-corrected chi connectivity index (χ1v) is 7.11. The summed E-state index contributed by atoms with van der Waals surface area (Å²) in [5.41, 5.74) is 4.98. The monoisotopic (exact) mass is 274 g/mol. The SMILES string of the molecule is CCCc1c(NN)ncnc1Sc1cccc(C)c1. The van der Waals surface area contributed by atoms with Crippen molar-refractivity contribution in [1.29, 1.82) is 0 Å². The van der Waals surface area contributed by atoms with Gasteiger partial charge in [0.05, 0.1) is 0 Å². The van der Waals surface area contributed by atoms with Crippen LogP contribution in [0, 0.1) is 6.92 Å². The van der Waals surface area contributed by atoms with Gasteiger partial charge in [0.25, 0.3) is 0 Å². The molecule has 3 N–H and O–H groups in total. The molecule has 4 nitrogen and oxygen atoms in total. The average Bonchev–Trinajstić information content (AvgIpc) is 2.41. The number of hydrogen-bond acceptors (Lipinski definition) is 5. The number of anilines is 1. The van der Waals surface area contributed by atoms with E-state index in [-0.39, 0.29) is 0 Å². The second-order valence-electron chi connectivity index (χ2n) is 4.32. The van der Waals surface area contributed by atoms with Crippen LogP contribution < -0.4 is 11.3 Å². The predicted molar refractivity (Wildman–Crippen MR) is 79.1 cm³/mol. The highest BCUT2D eigenvalue weighted by atomic mass is 32.2. The Morgan fingerprint density at radius 2 is 2.16 bits per heavy atom. The zero-order chi connectivity index (χ0) is 13.7. The molecular weight excluding hydrogens is 256 g/mol. The molecule has 0 aliphatic carbocycles. The maximum Gasteiger partial charge on any atom is 0.147 e. The van der Waals surface area contributed by atoms with Crippen molar-refractivity contribution in [3.8, 4) is 0 Å². The van der Waals surface area contributed by atoms with E-state index in [0.29, 0.717) is 5.82 Å². The number of nitrogen functional groups attached to an aromatic ring is 1. The van der Waals surface area contributed by atoms with Gasteiger partial charge >= 0.3 is 0 Å². The summed E-state index contributed by atoms with van der Waals surface area (Å²) in [5, 5.41) is 0.968. The highest BCUT2D eigenvalue weighted by Gasteiger charge is 2.11. The maximum atomic E-state index is 5.52. The van der Waals surface area contributed by atoms with E-state index in [4.69, 9.17) is 5.84 Å². The number of nitrogens with one attached hydrogen (secondary N) is 1. The highest BCUT2D eigenvalue weighted by molar-refractivity contribution is 7.99. The smallest absolute Gasteiger partial charge is 0.147 e. The van der Waals surface area contributed by atoms with E-state index in [0.717, 1.165) is 23.4 Å². The number of hydrogen-bond donors (Lipinski definition) is 2. The minimum absolute atomic E-state index is 0.715. The topological polar surface area (TPSA) is 63.8 Å². The van der Waals surface area contributed by atoms with Gasteiger partial charge in [0.15, 0.2) is 0 Å². The van der Waals surface area contributed by atoms with E-state index >= 15 is 0 Å². The van der Waals surface area contributed by atoms with Crippen molar-refractivity contribution in [3.63, 3.8) is 0 Å². The number of rotatable bonds is 5. The summed E-state index contributed by atoms with van der Waals surface area (Å²) in [4.78, 5) is 9.74. The molecule has 19 heavy (non-hydrogen) atoms. The molecule has 0 amide bonds. The van der Waals surface area contributed by atoms with Gasteiger partial charge in [-0.25, -0.2) is 15.8 Å². The second kappa shape index (κ2) is 6.54. The molecule has 0 saturated carbocycles. The van der Waals surface area contributed by atoms with Gasteiger partial charge in [0.2, 0.25) is 0 Å². The minimum atomic E-state index is 0.715. The summed E-state index contributed by atoms with van der Waals surface area (Å²) in [7, 11) is 0. The van der Waals surface area contributed by atoms with Crippen molar-refractivity contribution in [3.05, 3.63) is 41.7 Å². The maximum absolute atomic E-state index is 5.52. The summed E-state index contributed by atoms with van der Waals surface area (Å²) in [6.07, 6.45) is 3.49. The lowest BCUT2D eigenvalue weighted by atomic mass is 10.2. The van der Waals surface area contributed by atoms with Crippen LogP contribution in [-0.2, 0) is 6.42 Å². The Labute approximate surface area is 117 Å². The van der Waals surface area contributed by atoms with Gasteiger partial charge in [0.1, 0.15) is 17.2 Å². The molecule has 1 aromatic carbocycles. The summed E-state index contributed by atoms with van der Waals surface area (Å²) >= 11 is 1.65. The Morgan fingerprint density at radius 1 is 1.32 bits per heavy atom. The number of nitrogens with zero attached hydrogens (tertiary/aromatic N) is 2. The summed E-state index contributed by atoms with van der Waals surface area (Å²) in [5.74, 6) is 6.23. The fraction of sp³-hybridized carbons (Fsp3) is 0.286. The van der Waals surface area contributed by atoms with Crippen LogP contribution in [-0.4, -0.2) is 9.97 Å². The molecule has 0 aliphatic rings. The van der Waals surface area contributed by atoms with E-state index < -0.39 is 0 Å². The molecule has 1 heterocycles. The molecule has 0 bridgehead atoms. The zero-order valence-corrected chi connectivity index (χ0v) is 12.0. The Balaban J connectivity index is 2.33. The van der Waals surface area contributed by atoms with Crippen molar-refractivity contribution in [2.45, 2.75) is 36.6 Å². The third kappa shape index (κ3) is 3.45. The van der Waals surface area contributed by atoms with E-state index in [1.807, 2.05) is 0 Å². The first-order valence-electron chi connectivity index (χ1n) is 6.29. The number of aryl methyl sites for hydroxylation is 1. The Hall–Kier alpha value is -1.59. The molecule has 5 heteroatoms. The molecule has 0 saturated heterocycles. The van der Waals surface area contributed by atoms with Gasteiger partial charge in [-0.1, -0.05) is 42.8 Å². The Morgan fingerprint density at radius 3 is 2.84 bits per heavy atom. The summed E-state index contributed by atoms with van der Waals surface area (Å²) in [6.45, 7) is 4.22. The zero-order valence-electron chi connectivity index (χ0n) is 11.2. The molecule has 100 valence electrons. The largest absolute Gasteiger partial charge is 0.308 e. The van der Waals surface area contributed by atoms with Gasteiger partial charge in [-0.15, -0.1) is 0 Å². The van der Waals surface area contributed by atoms with Crippen molar-refractivity contribution >= 4 is 17.6 Å². The molecular formula is C14H18N4S. The average molecular weight is 274 g/mol. The van der Waals surface area contributed by atoms with Crippen LogP contribution in [0.2, 0.25) is 0 Å². The van der Waals surface area contributed by atoms with E-state index in [1.54, 1.807) is 18.1 Å². The third-order valence-corrected chi connectivity index (χ3v) is 3.78. The second-order valence-corrected chi connectivity index (χ2v) is 5.38. The standard InChI is InChI=1S/C14H18N4S/c1-3-5-12-13(18-15)16-9-17-14(12)19-11-7-4-6-10(2)8-11/h4,6-9H,3,5,15H2,1-2H3,(H,16,17,18). The third-order valence-electron chi connectivity index (χ3n) is 2.75. The van der Waals surface area contributed by atoms with Gasteiger partial charge in [-0.2, -0.15) is 0 Å². The lowest BCUT2D eigenvalue weighted by Crippen LogP contribution is -2.12. The number of nitrogens with two attached hydrogens (primary N) is 1. The molecule has 0 atom stereocenters. The van der Waals surface area contributed by atoms with Crippen LogP contribution in [0.5, 0.6) is 0 Å². The van der Waals surface area contributed by atoms with E-state index in [1.165, 1.54) is 10.5 Å². The number of aromatic nitrogens is 2. The van der Waals surface area contributed by atoms with Crippen LogP contribution in [0.25, 0.3) is 0 Å². The predicted octanol–water partition coefficient (Wildman–Crippen LogP) is 3.17. The normalized spacial score (nSPS) is 10.5. The van der Waals surface area contributed by atoms with Crippen LogP contribution >= 0.6 is 11.8 Å². The van der Waals surface area contributed by atoms with Gasteiger partial charge in [0, 0.05) is 10.5 Å². The molecule has 0 spiro atoms. The van der Waals surface area contributed by atoms with Crippen LogP contribution in [0.1, 0.15) is 24.5 Å². The Bertz CT molecular complexity index is 557. The fourth-order valence-electron chi connectivity index (χ4n) is 1.87. The summed E-state index contributed by atoms with van der Waals surface area (Å²) in [6, 6.07) is 8.38. The lowest BCUT2D eigenvalue weighted by Gasteiger charge is -2.11. The fourth-order valence-corrected chi connectivity index (χ4v) is 2.91.